The van der Waals surface area contributed by atoms with Crippen molar-refractivity contribution in [1.29, 1.82) is 0 Å². The minimum atomic E-state index is -0.239. The number of carbonyl (C=O) groups excluding carboxylic acids is 1. The summed E-state index contributed by atoms with van der Waals surface area (Å²) in [6.45, 7) is 2.79. The van der Waals surface area contributed by atoms with Crippen LogP contribution in [-0.2, 0) is 22.5 Å². The third-order valence-corrected chi connectivity index (χ3v) is 3.95. The summed E-state index contributed by atoms with van der Waals surface area (Å²) in [7, 11) is 1.41. The maximum atomic E-state index is 11.4. The predicted octanol–water partition coefficient (Wildman–Crippen LogP) is 1.66. The zero-order valence-electron chi connectivity index (χ0n) is 10.2. The molecule has 1 aromatic rings. The largest absolute Gasteiger partial charge is 0.468 e. The van der Waals surface area contributed by atoms with Gasteiger partial charge in [-0.3, -0.25) is 4.79 Å². The Hall–Kier alpha value is -1.04. The fourth-order valence-electron chi connectivity index (χ4n) is 1.92. The number of aryl methyl sites for hydroxylation is 1. The number of fused-ring (bicyclic) bond motifs is 1. The smallest absolute Gasteiger partial charge is 0.318 e. The molecule has 0 spiro atoms. The second-order valence-electron chi connectivity index (χ2n) is 4.14. The molecule has 1 aliphatic heterocycles. The zero-order chi connectivity index (χ0) is 12.3. The van der Waals surface area contributed by atoms with Gasteiger partial charge in [0.1, 0.15) is 11.1 Å². The van der Waals surface area contributed by atoms with Gasteiger partial charge in [0.15, 0.2) is 5.16 Å². The van der Waals surface area contributed by atoms with E-state index in [1.54, 1.807) is 0 Å². The molecule has 2 heterocycles. The molecule has 1 aliphatic rings. The lowest BCUT2D eigenvalue weighted by molar-refractivity contribution is -0.139. The summed E-state index contributed by atoms with van der Waals surface area (Å²) in [6, 6.07) is 0. The average Bonchev–Trinajstić information content (AvgIpc) is 2.58. The van der Waals surface area contributed by atoms with Crippen LogP contribution in [0.25, 0.3) is 0 Å². The van der Waals surface area contributed by atoms with E-state index in [4.69, 9.17) is 4.74 Å². The van der Waals surface area contributed by atoms with Crippen LogP contribution in [0, 0.1) is 0 Å². The predicted molar refractivity (Wildman–Crippen MR) is 64.9 cm³/mol. The molecule has 1 unspecified atom stereocenters. The topological polar surface area (TPSA) is 57.0 Å². The van der Waals surface area contributed by atoms with E-state index in [9.17, 15) is 4.79 Å². The van der Waals surface area contributed by atoms with Gasteiger partial charge < -0.3 is 9.30 Å². The molecule has 0 saturated carbocycles. The molecule has 94 valence electrons. The van der Waals surface area contributed by atoms with Crippen molar-refractivity contribution in [1.82, 2.24) is 14.8 Å². The first-order valence-corrected chi connectivity index (χ1v) is 6.77. The highest BCUT2D eigenvalue weighted by atomic mass is 32.2. The molecular formula is C11H17N3O2S. The van der Waals surface area contributed by atoms with Crippen molar-refractivity contribution in [2.75, 3.05) is 7.11 Å². The molecule has 0 aromatic carbocycles. The molecule has 1 aromatic heterocycles. The average molecular weight is 255 g/mol. The van der Waals surface area contributed by atoms with Crippen LogP contribution in [0.1, 0.15) is 32.0 Å². The first-order chi connectivity index (χ1) is 8.22. The summed E-state index contributed by atoms with van der Waals surface area (Å²) in [6.07, 6.45) is 4.56. The number of carbonyl (C=O) groups is 1. The molecule has 17 heavy (non-hydrogen) atoms. The number of ether oxygens (including phenoxy) is 1. The van der Waals surface area contributed by atoms with Crippen LogP contribution < -0.4 is 0 Å². The molecule has 0 fully saturated rings. The van der Waals surface area contributed by atoms with Gasteiger partial charge >= 0.3 is 5.97 Å². The number of methoxy groups -OCH3 is 1. The van der Waals surface area contributed by atoms with Crippen LogP contribution in [0.5, 0.6) is 0 Å². The van der Waals surface area contributed by atoms with Crippen molar-refractivity contribution in [3.8, 4) is 0 Å². The quantitative estimate of drug-likeness (QED) is 0.607. The number of esters is 1. The molecule has 0 N–H and O–H groups in total. The van der Waals surface area contributed by atoms with Gasteiger partial charge in [0, 0.05) is 13.0 Å². The second-order valence-corrected chi connectivity index (χ2v) is 5.45. The van der Waals surface area contributed by atoms with E-state index < -0.39 is 0 Å². The molecule has 1 atom stereocenters. The third kappa shape index (κ3) is 2.80. The number of thioether (sulfide) groups is 1. The number of hydrogen-bond donors (Lipinski definition) is 0. The molecule has 5 nitrogen and oxygen atoms in total. The fourth-order valence-corrected chi connectivity index (χ4v) is 2.84. The first-order valence-electron chi connectivity index (χ1n) is 5.89. The number of hydrogen-bond acceptors (Lipinski definition) is 5. The van der Waals surface area contributed by atoms with Gasteiger partial charge in [0.25, 0.3) is 0 Å². The van der Waals surface area contributed by atoms with E-state index in [1.807, 2.05) is 6.92 Å². The lowest BCUT2D eigenvalue weighted by atomic mass is 10.2. The monoisotopic (exact) mass is 255 g/mol. The number of aromatic nitrogens is 3. The Balaban J connectivity index is 2.11. The highest BCUT2D eigenvalue weighted by Gasteiger charge is 2.21. The zero-order valence-corrected chi connectivity index (χ0v) is 11.0. The van der Waals surface area contributed by atoms with E-state index in [0.29, 0.717) is 0 Å². The van der Waals surface area contributed by atoms with Gasteiger partial charge in [0.2, 0.25) is 0 Å². The van der Waals surface area contributed by atoms with E-state index in [0.717, 1.165) is 30.4 Å². The Morgan fingerprint density at radius 3 is 3.00 bits per heavy atom. The summed E-state index contributed by atoms with van der Waals surface area (Å²) >= 11 is 1.42. The summed E-state index contributed by atoms with van der Waals surface area (Å²) in [5.74, 6) is 0.822. The minimum Gasteiger partial charge on any atom is -0.468 e. The van der Waals surface area contributed by atoms with E-state index in [-0.39, 0.29) is 11.2 Å². The minimum absolute atomic E-state index is 0.221. The first kappa shape index (κ1) is 12.4. The lowest BCUT2D eigenvalue weighted by Crippen LogP contribution is -2.16. The highest BCUT2D eigenvalue weighted by molar-refractivity contribution is 8.00. The van der Waals surface area contributed by atoms with Gasteiger partial charge in [-0.05, 0) is 19.8 Å². The normalized spacial score (nSPS) is 17.1. The molecule has 0 saturated heterocycles. The van der Waals surface area contributed by atoms with Gasteiger partial charge in [-0.1, -0.05) is 18.2 Å². The molecule has 6 heteroatoms. The molecule has 2 rings (SSSR count). The van der Waals surface area contributed by atoms with Crippen LogP contribution in [-0.4, -0.2) is 33.1 Å². The van der Waals surface area contributed by atoms with Crippen molar-refractivity contribution in [2.24, 2.45) is 0 Å². The van der Waals surface area contributed by atoms with Crippen LogP contribution in [0.3, 0.4) is 0 Å². The Labute approximate surface area is 105 Å². The SMILES string of the molecule is COC(=O)C(C)Sc1nnc2n1CCCCC2. The van der Waals surface area contributed by atoms with Crippen LogP contribution in [0.2, 0.25) is 0 Å². The summed E-state index contributed by atoms with van der Waals surface area (Å²) in [5, 5.41) is 8.95. The molecule has 0 bridgehead atoms. The summed E-state index contributed by atoms with van der Waals surface area (Å²) < 4.78 is 6.85. The molecule has 0 aliphatic carbocycles. The van der Waals surface area contributed by atoms with Crippen LogP contribution in [0.15, 0.2) is 5.16 Å². The van der Waals surface area contributed by atoms with Crippen LogP contribution >= 0.6 is 11.8 Å². The lowest BCUT2D eigenvalue weighted by Gasteiger charge is -2.10. The van der Waals surface area contributed by atoms with Crippen molar-refractivity contribution in [2.45, 2.75) is 49.6 Å². The van der Waals surface area contributed by atoms with Crippen molar-refractivity contribution < 1.29 is 9.53 Å². The molecule has 0 radical (unpaired) electrons. The van der Waals surface area contributed by atoms with E-state index in [2.05, 4.69) is 14.8 Å². The van der Waals surface area contributed by atoms with Gasteiger partial charge in [-0.25, -0.2) is 0 Å². The Bertz CT molecular complexity index is 405. The van der Waals surface area contributed by atoms with Gasteiger partial charge in [0.05, 0.1) is 7.11 Å². The third-order valence-electron chi connectivity index (χ3n) is 2.89. The second kappa shape index (κ2) is 5.53. The van der Waals surface area contributed by atoms with Crippen molar-refractivity contribution in [3.63, 3.8) is 0 Å². The Morgan fingerprint density at radius 2 is 2.24 bits per heavy atom. The van der Waals surface area contributed by atoms with E-state index >= 15 is 0 Å². The molecular weight excluding hydrogens is 238 g/mol. The fraction of sp³-hybridized carbons (Fsp3) is 0.727. The van der Waals surface area contributed by atoms with Gasteiger partial charge in [-0.2, -0.15) is 0 Å². The van der Waals surface area contributed by atoms with Crippen molar-refractivity contribution in [3.05, 3.63) is 5.82 Å². The van der Waals surface area contributed by atoms with Crippen LogP contribution in [0.4, 0.5) is 0 Å². The van der Waals surface area contributed by atoms with Crippen molar-refractivity contribution >= 4 is 17.7 Å². The van der Waals surface area contributed by atoms with Gasteiger partial charge in [-0.15, -0.1) is 10.2 Å². The Morgan fingerprint density at radius 1 is 1.41 bits per heavy atom. The summed E-state index contributed by atoms with van der Waals surface area (Å²) in [5.41, 5.74) is 0. The maximum absolute atomic E-state index is 11.4. The highest BCUT2D eigenvalue weighted by Crippen LogP contribution is 2.25. The Kier molecular flexibility index (Phi) is 4.04. The maximum Gasteiger partial charge on any atom is 0.318 e. The van der Waals surface area contributed by atoms with E-state index in [1.165, 1.54) is 31.7 Å². The number of nitrogens with zero attached hydrogens (tertiary/aromatic N) is 3. The summed E-state index contributed by atoms with van der Waals surface area (Å²) in [4.78, 5) is 11.4. The standard InChI is InChI=1S/C11H17N3O2S/c1-8(10(15)16-2)17-11-13-12-9-6-4-3-5-7-14(9)11/h8H,3-7H2,1-2H3. The molecule has 0 amide bonds. The number of rotatable bonds is 3.